The van der Waals surface area contributed by atoms with E-state index in [0.29, 0.717) is 24.3 Å². The zero-order valence-corrected chi connectivity index (χ0v) is 19.3. The van der Waals surface area contributed by atoms with Crippen LogP contribution in [0.5, 0.6) is 0 Å². The second kappa shape index (κ2) is 10.4. The minimum absolute atomic E-state index is 0.0885. The summed E-state index contributed by atoms with van der Waals surface area (Å²) in [5, 5.41) is 20.3. The molecule has 2 fully saturated rings. The Hall–Kier alpha value is -1.87. The summed E-state index contributed by atoms with van der Waals surface area (Å²) in [6, 6.07) is 14.1. The number of aliphatic hydroxyl groups is 2. The van der Waals surface area contributed by atoms with E-state index in [1.807, 2.05) is 24.3 Å². The first-order chi connectivity index (χ1) is 15.5. The molecule has 3 atom stereocenters. The second-order valence-electron chi connectivity index (χ2n) is 8.93. The van der Waals surface area contributed by atoms with E-state index >= 15 is 0 Å². The van der Waals surface area contributed by atoms with Crippen molar-refractivity contribution in [2.75, 3.05) is 13.7 Å². The number of hydrogen-bond donors (Lipinski definition) is 2. The van der Waals surface area contributed by atoms with Crippen molar-refractivity contribution in [3.05, 3.63) is 69.7 Å². The number of benzene rings is 2. The van der Waals surface area contributed by atoms with E-state index in [9.17, 15) is 10.2 Å². The van der Waals surface area contributed by atoms with Gasteiger partial charge in [-0.1, -0.05) is 47.7 Å². The van der Waals surface area contributed by atoms with Gasteiger partial charge in [-0.25, -0.2) is 0 Å². The molecule has 1 saturated carbocycles. The van der Waals surface area contributed by atoms with Gasteiger partial charge >= 0.3 is 0 Å². The van der Waals surface area contributed by atoms with Crippen LogP contribution in [0.2, 0.25) is 5.02 Å². The highest BCUT2D eigenvalue weighted by atomic mass is 35.5. The molecule has 0 radical (unpaired) electrons. The Kier molecular flexibility index (Phi) is 7.55. The van der Waals surface area contributed by atoms with Crippen molar-refractivity contribution in [1.29, 1.82) is 0 Å². The number of aliphatic hydroxyl groups excluding tert-OH is 2. The number of halogens is 1. The fraction of sp³-hybridized carbons (Fsp3) is 0.481. The average Bonchev–Trinajstić information content (AvgIpc) is 3.29. The van der Waals surface area contributed by atoms with Crippen LogP contribution in [0.3, 0.4) is 0 Å². The lowest BCUT2D eigenvalue weighted by atomic mass is 9.94. The standard InChI is InChI=1S/C27H31ClO4/c1-31-27(11-2-3-12-27)13-10-19-4-6-20(7-5-19)14-22-15-21(8-9-25(22)28)26-17-23(30)16-24(18-29)32-26/h4-9,15,23-24,26,29-30H,2-3,11-12,14,16-18H2,1H3/t23-,24-,26+/m0/s1. The quantitative estimate of drug-likeness (QED) is 0.636. The fourth-order valence-corrected chi connectivity index (χ4v) is 4.88. The molecule has 0 bridgehead atoms. The molecule has 2 N–H and O–H groups in total. The summed E-state index contributed by atoms with van der Waals surface area (Å²) < 4.78 is 11.7. The van der Waals surface area contributed by atoms with Crippen molar-refractivity contribution >= 4 is 11.6 Å². The number of ether oxygens (including phenoxy) is 2. The van der Waals surface area contributed by atoms with E-state index in [0.717, 1.165) is 35.1 Å². The Morgan fingerprint density at radius 2 is 1.88 bits per heavy atom. The van der Waals surface area contributed by atoms with Crippen LogP contribution in [-0.4, -0.2) is 41.7 Å². The molecule has 4 rings (SSSR count). The summed E-state index contributed by atoms with van der Waals surface area (Å²) in [5.41, 5.74) is 3.84. The summed E-state index contributed by atoms with van der Waals surface area (Å²) in [5.74, 6) is 6.63. The van der Waals surface area contributed by atoms with Crippen LogP contribution in [0.15, 0.2) is 42.5 Å². The van der Waals surface area contributed by atoms with Crippen molar-refractivity contribution in [2.24, 2.45) is 0 Å². The van der Waals surface area contributed by atoms with Crippen LogP contribution in [0.1, 0.15) is 66.9 Å². The zero-order valence-electron chi connectivity index (χ0n) is 18.5. The number of hydrogen-bond acceptors (Lipinski definition) is 4. The van der Waals surface area contributed by atoms with Crippen LogP contribution in [0, 0.1) is 11.8 Å². The van der Waals surface area contributed by atoms with Gasteiger partial charge in [-0.2, -0.15) is 0 Å². The maximum absolute atomic E-state index is 10.1. The Labute approximate surface area is 195 Å². The largest absolute Gasteiger partial charge is 0.394 e. The van der Waals surface area contributed by atoms with E-state index in [1.165, 1.54) is 12.8 Å². The van der Waals surface area contributed by atoms with E-state index < -0.39 is 6.10 Å². The predicted molar refractivity (Wildman–Crippen MR) is 126 cm³/mol. The normalized spacial score (nSPS) is 24.7. The van der Waals surface area contributed by atoms with Crippen molar-refractivity contribution in [2.45, 2.75) is 68.9 Å². The molecule has 0 spiro atoms. The molecule has 5 heteroatoms. The van der Waals surface area contributed by atoms with Gasteiger partial charge in [0.25, 0.3) is 0 Å². The Morgan fingerprint density at radius 1 is 1.12 bits per heavy atom. The lowest BCUT2D eigenvalue weighted by Crippen LogP contribution is -2.33. The fourth-order valence-electron chi connectivity index (χ4n) is 4.69. The highest BCUT2D eigenvalue weighted by molar-refractivity contribution is 6.31. The van der Waals surface area contributed by atoms with Crippen LogP contribution < -0.4 is 0 Å². The minimum Gasteiger partial charge on any atom is -0.394 e. The van der Waals surface area contributed by atoms with Crippen LogP contribution in [0.4, 0.5) is 0 Å². The lowest BCUT2D eigenvalue weighted by molar-refractivity contribution is -0.113. The highest BCUT2D eigenvalue weighted by Gasteiger charge is 2.31. The second-order valence-corrected chi connectivity index (χ2v) is 9.34. The molecule has 1 aliphatic carbocycles. The lowest BCUT2D eigenvalue weighted by Gasteiger charge is -2.32. The van der Waals surface area contributed by atoms with Gasteiger partial charge in [-0.3, -0.25) is 0 Å². The van der Waals surface area contributed by atoms with Crippen molar-refractivity contribution in [1.82, 2.24) is 0 Å². The van der Waals surface area contributed by atoms with Gasteiger partial charge < -0.3 is 19.7 Å². The molecule has 32 heavy (non-hydrogen) atoms. The van der Waals surface area contributed by atoms with Crippen LogP contribution in [-0.2, 0) is 15.9 Å². The third-order valence-corrected chi connectivity index (χ3v) is 6.98. The van der Waals surface area contributed by atoms with E-state index in [4.69, 9.17) is 21.1 Å². The molecule has 0 unspecified atom stereocenters. The van der Waals surface area contributed by atoms with Gasteiger partial charge in [0.15, 0.2) is 0 Å². The summed E-state index contributed by atoms with van der Waals surface area (Å²) in [4.78, 5) is 0. The van der Waals surface area contributed by atoms with Crippen molar-refractivity contribution in [3.8, 4) is 11.8 Å². The van der Waals surface area contributed by atoms with Crippen LogP contribution in [0.25, 0.3) is 0 Å². The molecule has 170 valence electrons. The van der Waals surface area contributed by atoms with Crippen molar-refractivity contribution < 1.29 is 19.7 Å². The highest BCUT2D eigenvalue weighted by Crippen LogP contribution is 2.34. The molecule has 0 amide bonds. The van der Waals surface area contributed by atoms with Crippen molar-refractivity contribution in [3.63, 3.8) is 0 Å². The van der Waals surface area contributed by atoms with E-state index in [2.05, 4.69) is 30.0 Å². The summed E-state index contributed by atoms with van der Waals surface area (Å²) in [6.07, 6.45) is 4.99. The Morgan fingerprint density at radius 3 is 2.56 bits per heavy atom. The summed E-state index contributed by atoms with van der Waals surface area (Å²) in [6.45, 7) is -0.0885. The van der Waals surface area contributed by atoms with E-state index in [1.54, 1.807) is 7.11 Å². The molecular weight excluding hydrogens is 424 g/mol. The molecule has 1 saturated heterocycles. The molecule has 1 heterocycles. The zero-order chi connectivity index (χ0) is 22.6. The van der Waals surface area contributed by atoms with Gasteiger partial charge in [0.1, 0.15) is 5.60 Å². The van der Waals surface area contributed by atoms with Gasteiger partial charge in [0.2, 0.25) is 0 Å². The molecule has 4 nitrogen and oxygen atoms in total. The Balaban J connectivity index is 1.47. The maximum atomic E-state index is 10.1. The molecule has 2 aliphatic rings. The van der Waals surface area contributed by atoms with Gasteiger partial charge in [-0.15, -0.1) is 0 Å². The third kappa shape index (κ3) is 5.54. The summed E-state index contributed by atoms with van der Waals surface area (Å²) in [7, 11) is 1.75. The van der Waals surface area contributed by atoms with Gasteiger partial charge in [0.05, 0.1) is 24.9 Å². The molecule has 2 aromatic rings. The number of methoxy groups -OCH3 is 1. The first-order valence-electron chi connectivity index (χ1n) is 11.4. The van der Waals surface area contributed by atoms with Gasteiger partial charge in [0, 0.05) is 30.5 Å². The molecule has 0 aromatic heterocycles. The van der Waals surface area contributed by atoms with E-state index in [-0.39, 0.29) is 24.4 Å². The SMILES string of the molecule is COC1(C#Cc2ccc(Cc3cc([C@H]4C[C@@H](O)C[C@@H](CO)O4)ccc3Cl)cc2)CCCC1. The van der Waals surface area contributed by atoms with Crippen LogP contribution >= 0.6 is 11.6 Å². The molecular formula is C27H31ClO4. The minimum atomic E-state index is -0.472. The average molecular weight is 455 g/mol. The molecule has 1 aliphatic heterocycles. The predicted octanol–water partition coefficient (Wildman–Crippen LogP) is 4.81. The third-order valence-electron chi connectivity index (χ3n) is 6.61. The van der Waals surface area contributed by atoms with Gasteiger partial charge in [-0.05, 0) is 67.0 Å². The number of rotatable bonds is 5. The summed E-state index contributed by atoms with van der Waals surface area (Å²) >= 11 is 6.49. The monoisotopic (exact) mass is 454 g/mol. The Bertz CT molecular complexity index is 969. The smallest absolute Gasteiger partial charge is 0.128 e. The first-order valence-corrected chi connectivity index (χ1v) is 11.8. The topological polar surface area (TPSA) is 58.9 Å². The maximum Gasteiger partial charge on any atom is 0.128 e. The first kappa shape index (κ1) is 23.3. The molecule has 2 aromatic carbocycles.